The van der Waals surface area contributed by atoms with E-state index in [1.807, 2.05) is 0 Å². The van der Waals surface area contributed by atoms with Crippen LogP contribution < -0.4 is 4.90 Å². The van der Waals surface area contributed by atoms with E-state index in [1.165, 1.54) is 6.92 Å². The fourth-order valence-electron chi connectivity index (χ4n) is 4.55. The van der Waals surface area contributed by atoms with Gasteiger partial charge in [-0.05, 0) is 67.3 Å². The third-order valence-electron chi connectivity index (χ3n) is 6.32. The molecule has 2 amide bonds. The summed E-state index contributed by atoms with van der Waals surface area (Å²) in [6, 6.07) is 1.39. The van der Waals surface area contributed by atoms with Crippen LogP contribution >= 0.6 is 0 Å². The highest BCUT2D eigenvalue weighted by Gasteiger charge is 2.41. The standard InChI is InChI=1S/C25H23F9N2O3/c1-3-18-11-21(19-10-15(23(26,27)28)5-6-20(19)36(18)22(38)39-4-2)35(13-37)12-14-7-16(24(29,30)31)9-17(8-14)25(32,33)34/h5-10,13,18,21H,3-4,11-12H2,1-2H3. The number of hydrogen-bond acceptors (Lipinski definition) is 3. The van der Waals surface area contributed by atoms with E-state index in [4.69, 9.17) is 4.74 Å². The van der Waals surface area contributed by atoms with E-state index in [0.29, 0.717) is 18.2 Å². The van der Waals surface area contributed by atoms with E-state index >= 15 is 0 Å². The molecule has 214 valence electrons. The van der Waals surface area contributed by atoms with Crippen molar-refractivity contribution in [1.82, 2.24) is 4.90 Å². The maximum atomic E-state index is 13.5. The summed E-state index contributed by atoms with van der Waals surface area (Å²) in [7, 11) is 0. The van der Waals surface area contributed by atoms with Crippen LogP contribution in [0.5, 0.6) is 0 Å². The zero-order valence-electron chi connectivity index (χ0n) is 20.5. The maximum Gasteiger partial charge on any atom is 0.416 e. The number of carbonyl (C=O) groups excluding carboxylic acids is 2. The molecule has 1 heterocycles. The summed E-state index contributed by atoms with van der Waals surface area (Å²) in [5, 5.41) is 0. The number of anilines is 1. The summed E-state index contributed by atoms with van der Waals surface area (Å²) in [5.74, 6) is 0. The van der Waals surface area contributed by atoms with Crippen molar-refractivity contribution in [3.8, 4) is 0 Å². The zero-order valence-corrected chi connectivity index (χ0v) is 20.5. The van der Waals surface area contributed by atoms with Crippen LogP contribution in [0.4, 0.5) is 50.0 Å². The van der Waals surface area contributed by atoms with Crippen LogP contribution in [0.2, 0.25) is 0 Å². The molecule has 0 bridgehead atoms. The molecule has 0 aromatic heterocycles. The molecular formula is C25H23F9N2O3. The summed E-state index contributed by atoms with van der Waals surface area (Å²) in [6.07, 6.45) is -15.7. The summed E-state index contributed by atoms with van der Waals surface area (Å²) >= 11 is 0. The van der Waals surface area contributed by atoms with Gasteiger partial charge in [0.05, 0.1) is 35.0 Å². The minimum atomic E-state index is -5.13. The number of amides is 2. The van der Waals surface area contributed by atoms with Gasteiger partial charge in [0.1, 0.15) is 0 Å². The average molecular weight is 570 g/mol. The molecule has 2 aromatic carbocycles. The van der Waals surface area contributed by atoms with Gasteiger partial charge in [0.25, 0.3) is 0 Å². The Kier molecular flexibility index (Phi) is 8.46. The smallest absolute Gasteiger partial charge is 0.416 e. The maximum absolute atomic E-state index is 13.5. The Balaban J connectivity index is 2.15. The van der Waals surface area contributed by atoms with Gasteiger partial charge < -0.3 is 9.64 Å². The molecule has 0 fully saturated rings. The summed E-state index contributed by atoms with van der Waals surface area (Å²) in [6.45, 7) is 2.38. The number of ether oxygens (including phenoxy) is 1. The molecule has 2 atom stereocenters. The quantitative estimate of drug-likeness (QED) is 0.266. The van der Waals surface area contributed by atoms with Gasteiger partial charge in [-0.15, -0.1) is 0 Å². The summed E-state index contributed by atoms with van der Waals surface area (Å²) < 4.78 is 126. The minimum absolute atomic E-state index is 0.0172. The van der Waals surface area contributed by atoms with Crippen LogP contribution in [-0.2, 0) is 34.6 Å². The van der Waals surface area contributed by atoms with Crippen molar-refractivity contribution in [3.05, 3.63) is 64.2 Å². The fourth-order valence-corrected chi connectivity index (χ4v) is 4.55. The van der Waals surface area contributed by atoms with E-state index in [-0.39, 0.29) is 43.2 Å². The number of nitrogens with zero attached hydrogens (tertiary/aromatic N) is 2. The predicted octanol–water partition coefficient (Wildman–Crippen LogP) is 7.59. The largest absolute Gasteiger partial charge is 0.449 e. The second-order valence-corrected chi connectivity index (χ2v) is 8.85. The van der Waals surface area contributed by atoms with E-state index < -0.39 is 65.5 Å². The highest BCUT2D eigenvalue weighted by atomic mass is 19.4. The first-order valence-corrected chi connectivity index (χ1v) is 11.7. The number of alkyl halides is 9. The van der Waals surface area contributed by atoms with Crippen LogP contribution in [0.25, 0.3) is 0 Å². The van der Waals surface area contributed by atoms with Crippen molar-refractivity contribution in [1.29, 1.82) is 0 Å². The van der Waals surface area contributed by atoms with Crippen molar-refractivity contribution < 1.29 is 53.8 Å². The van der Waals surface area contributed by atoms with Crippen LogP contribution in [0.15, 0.2) is 36.4 Å². The highest BCUT2D eigenvalue weighted by Crippen LogP contribution is 2.45. The summed E-state index contributed by atoms with van der Waals surface area (Å²) in [4.78, 5) is 26.8. The van der Waals surface area contributed by atoms with Crippen LogP contribution in [0.3, 0.4) is 0 Å². The van der Waals surface area contributed by atoms with Gasteiger partial charge in [-0.3, -0.25) is 9.69 Å². The molecule has 0 spiro atoms. The normalized spacial score (nSPS) is 18.0. The SMILES string of the molecule is CCOC(=O)N1c2ccc(C(F)(F)F)cc2C(N(C=O)Cc2cc(C(F)(F)F)cc(C(F)(F)F)c2)CC1CC. The van der Waals surface area contributed by atoms with Crippen molar-refractivity contribution in [2.24, 2.45) is 0 Å². The molecule has 5 nitrogen and oxygen atoms in total. The van der Waals surface area contributed by atoms with E-state index in [0.717, 1.165) is 21.9 Å². The van der Waals surface area contributed by atoms with Gasteiger partial charge in [0.15, 0.2) is 0 Å². The lowest BCUT2D eigenvalue weighted by molar-refractivity contribution is -0.143. The molecule has 0 radical (unpaired) electrons. The van der Waals surface area contributed by atoms with Gasteiger partial charge in [-0.1, -0.05) is 6.92 Å². The molecule has 3 rings (SSSR count). The minimum Gasteiger partial charge on any atom is -0.449 e. The predicted molar refractivity (Wildman–Crippen MR) is 120 cm³/mol. The number of carbonyl (C=O) groups is 2. The second-order valence-electron chi connectivity index (χ2n) is 8.85. The zero-order chi connectivity index (χ0) is 29.3. The third-order valence-corrected chi connectivity index (χ3v) is 6.32. The Morgan fingerprint density at radius 1 is 0.923 bits per heavy atom. The van der Waals surface area contributed by atoms with Crippen molar-refractivity contribution in [2.75, 3.05) is 11.5 Å². The molecule has 2 unspecified atom stereocenters. The first-order chi connectivity index (χ1) is 18.0. The average Bonchev–Trinajstić information content (AvgIpc) is 2.84. The van der Waals surface area contributed by atoms with E-state index in [2.05, 4.69) is 0 Å². The number of benzene rings is 2. The molecule has 14 heteroatoms. The van der Waals surface area contributed by atoms with Gasteiger partial charge >= 0.3 is 24.6 Å². The number of halogens is 9. The van der Waals surface area contributed by atoms with Crippen molar-refractivity contribution in [3.63, 3.8) is 0 Å². The molecule has 0 saturated carbocycles. The van der Waals surface area contributed by atoms with Crippen molar-refractivity contribution >= 4 is 18.2 Å². The van der Waals surface area contributed by atoms with Gasteiger partial charge in [0.2, 0.25) is 6.41 Å². The molecular weight excluding hydrogens is 547 g/mol. The van der Waals surface area contributed by atoms with Gasteiger partial charge in [-0.25, -0.2) is 4.79 Å². The first kappa shape index (κ1) is 30.1. The van der Waals surface area contributed by atoms with Crippen LogP contribution in [0, 0.1) is 0 Å². The van der Waals surface area contributed by atoms with E-state index in [9.17, 15) is 49.1 Å². The van der Waals surface area contributed by atoms with Crippen LogP contribution in [-0.4, -0.2) is 30.1 Å². The molecule has 1 aliphatic heterocycles. The number of fused-ring (bicyclic) bond motifs is 1. The highest BCUT2D eigenvalue weighted by molar-refractivity contribution is 5.90. The van der Waals surface area contributed by atoms with Crippen LogP contribution in [0.1, 0.15) is 60.5 Å². The first-order valence-electron chi connectivity index (χ1n) is 11.7. The van der Waals surface area contributed by atoms with E-state index in [1.54, 1.807) is 6.92 Å². The Labute approximate surface area is 217 Å². The topological polar surface area (TPSA) is 49.9 Å². The number of rotatable bonds is 6. The Bertz CT molecular complexity index is 1180. The monoisotopic (exact) mass is 570 g/mol. The van der Waals surface area contributed by atoms with Crippen molar-refractivity contribution in [2.45, 2.75) is 63.8 Å². The fraction of sp³-hybridized carbons (Fsp3) is 0.440. The molecule has 1 aliphatic rings. The van der Waals surface area contributed by atoms with Gasteiger partial charge in [-0.2, -0.15) is 39.5 Å². The van der Waals surface area contributed by atoms with Gasteiger partial charge in [0, 0.05) is 12.6 Å². The third kappa shape index (κ3) is 6.59. The Hall–Kier alpha value is -3.45. The lowest BCUT2D eigenvalue weighted by atomic mass is 9.87. The lowest BCUT2D eigenvalue weighted by Gasteiger charge is -2.43. The number of hydrogen-bond donors (Lipinski definition) is 0. The molecule has 0 saturated heterocycles. The molecule has 0 aliphatic carbocycles. The second kappa shape index (κ2) is 11.0. The molecule has 0 N–H and O–H groups in total. The molecule has 2 aromatic rings. The summed E-state index contributed by atoms with van der Waals surface area (Å²) in [5.41, 5.74) is -5.01. The molecule has 39 heavy (non-hydrogen) atoms. The Morgan fingerprint density at radius 3 is 1.95 bits per heavy atom. The lowest BCUT2D eigenvalue weighted by Crippen LogP contribution is -2.47. The Morgan fingerprint density at radius 2 is 1.49 bits per heavy atom.